The molecule has 0 saturated carbocycles. The third kappa shape index (κ3) is 3.22. The molecule has 1 N–H and O–H groups in total. The highest BCUT2D eigenvalue weighted by Gasteiger charge is 2.17. The van der Waals surface area contributed by atoms with Gasteiger partial charge in [0.1, 0.15) is 5.75 Å². The van der Waals surface area contributed by atoms with Crippen molar-refractivity contribution in [2.24, 2.45) is 0 Å². The molecule has 1 aromatic carbocycles. The number of likely N-dealkylation sites (N-methyl/N-ethyl adjacent to an activating group) is 1. The van der Waals surface area contributed by atoms with E-state index in [1.807, 2.05) is 26.1 Å². The van der Waals surface area contributed by atoms with Crippen LogP contribution in [0.3, 0.4) is 0 Å². The van der Waals surface area contributed by atoms with Crippen molar-refractivity contribution in [3.63, 3.8) is 0 Å². The predicted molar refractivity (Wildman–Crippen MR) is 65.9 cm³/mol. The van der Waals surface area contributed by atoms with Crippen molar-refractivity contribution in [3.05, 3.63) is 29.8 Å². The van der Waals surface area contributed by atoms with Gasteiger partial charge in [-0.2, -0.15) is 0 Å². The molecule has 3 nitrogen and oxygen atoms in total. The van der Waals surface area contributed by atoms with Gasteiger partial charge in [0.25, 0.3) is 0 Å². The number of nitrogens with one attached hydrogen (secondary N) is 1. The van der Waals surface area contributed by atoms with Gasteiger partial charge in [0, 0.05) is 6.61 Å². The lowest BCUT2D eigenvalue weighted by molar-refractivity contribution is 0.0493. The molecule has 1 rings (SSSR count). The molecule has 0 aromatic heterocycles. The molecule has 0 saturated heterocycles. The zero-order valence-corrected chi connectivity index (χ0v) is 10.5. The average Bonchev–Trinajstić information content (AvgIpc) is 2.31. The average molecular weight is 223 g/mol. The maximum atomic E-state index is 5.61. The lowest BCUT2D eigenvalue weighted by Gasteiger charge is -2.24. The fourth-order valence-corrected chi connectivity index (χ4v) is 1.84. The van der Waals surface area contributed by atoms with Crippen molar-refractivity contribution in [1.82, 2.24) is 5.32 Å². The van der Waals surface area contributed by atoms with Crippen LogP contribution in [0.1, 0.15) is 25.5 Å². The van der Waals surface area contributed by atoms with Crippen LogP contribution in [-0.2, 0) is 4.74 Å². The summed E-state index contributed by atoms with van der Waals surface area (Å²) in [6, 6.07) is 8.28. The molecule has 2 atom stereocenters. The van der Waals surface area contributed by atoms with Crippen LogP contribution >= 0.6 is 0 Å². The minimum Gasteiger partial charge on any atom is -0.497 e. The van der Waals surface area contributed by atoms with Gasteiger partial charge in [0.2, 0.25) is 0 Å². The minimum atomic E-state index is 0.156. The maximum Gasteiger partial charge on any atom is 0.118 e. The van der Waals surface area contributed by atoms with E-state index in [-0.39, 0.29) is 12.1 Å². The molecular formula is C13H21NO2. The van der Waals surface area contributed by atoms with Gasteiger partial charge in [-0.05, 0) is 38.6 Å². The smallest absolute Gasteiger partial charge is 0.118 e. The van der Waals surface area contributed by atoms with Gasteiger partial charge < -0.3 is 14.8 Å². The first-order valence-corrected chi connectivity index (χ1v) is 5.65. The zero-order valence-electron chi connectivity index (χ0n) is 10.5. The van der Waals surface area contributed by atoms with E-state index in [1.165, 1.54) is 5.56 Å². The Morgan fingerprint density at radius 1 is 1.25 bits per heavy atom. The molecule has 0 aliphatic carbocycles. The third-order valence-electron chi connectivity index (χ3n) is 2.68. The number of hydrogen-bond donors (Lipinski definition) is 1. The number of ether oxygens (including phenoxy) is 2. The molecule has 0 amide bonds. The van der Waals surface area contributed by atoms with Crippen LogP contribution in [-0.4, -0.2) is 26.9 Å². The largest absolute Gasteiger partial charge is 0.497 e. The van der Waals surface area contributed by atoms with Crippen LogP contribution in [0.15, 0.2) is 24.3 Å². The molecular weight excluding hydrogens is 202 g/mol. The van der Waals surface area contributed by atoms with Gasteiger partial charge in [-0.1, -0.05) is 12.1 Å². The van der Waals surface area contributed by atoms with Crippen LogP contribution in [0.25, 0.3) is 0 Å². The molecule has 0 bridgehead atoms. The predicted octanol–water partition coefficient (Wildman–Crippen LogP) is 2.38. The van der Waals surface area contributed by atoms with E-state index in [1.54, 1.807) is 7.11 Å². The van der Waals surface area contributed by atoms with E-state index in [2.05, 4.69) is 24.4 Å². The monoisotopic (exact) mass is 223 g/mol. The molecule has 0 fully saturated rings. The summed E-state index contributed by atoms with van der Waals surface area (Å²) in [6.45, 7) is 4.82. The molecule has 1 aromatic rings. The van der Waals surface area contributed by atoms with E-state index in [0.717, 1.165) is 12.4 Å². The fourth-order valence-electron chi connectivity index (χ4n) is 1.84. The van der Waals surface area contributed by atoms with Gasteiger partial charge in [-0.3, -0.25) is 0 Å². The first-order valence-electron chi connectivity index (χ1n) is 5.65. The van der Waals surface area contributed by atoms with Crippen molar-refractivity contribution in [3.8, 4) is 5.75 Å². The second-order valence-electron chi connectivity index (χ2n) is 3.70. The van der Waals surface area contributed by atoms with Crippen molar-refractivity contribution < 1.29 is 9.47 Å². The molecule has 0 spiro atoms. The Morgan fingerprint density at radius 2 is 1.88 bits per heavy atom. The number of methoxy groups -OCH3 is 1. The lowest BCUT2D eigenvalue weighted by atomic mass is 10.0. The third-order valence-corrected chi connectivity index (χ3v) is 2.68. The highest BCUT2D eigenvalue weighted by Crippen LogP contribution is 2.21. The van der Waals surface area contributed by atoms with Gasteiger partial charge in [0.05, 0.1) is 19.3 Å². The van der Waals surface area contributed by atoms with Crippen LogP contribution < -0.4 is 10.1 Å². The Morgan fingerprint density at radius 3 is 2.31 bits per heavy atom. The summed E-state index contributed by atoms with van der Waals surface area (Å²) in [6.07, 6.45) is 0.156. The van der Waals surface area contributed by atoms with Crippen LogP contribution in [0, 0.1) is 0 Å². The van der Waals surface area contributed by atoms with Gasteiger partial charge in [-0.25, -0.2) is 0 Å². The molecule has 90 valence electrons. The quantitative estimate of drug-likeness (QED) is 0.803. The normalized spacial score (nSPS) is 14.5. The summed E-state index contributed by atoms with van der Waals surface area (Å²) < 4.78 is 10.8. The standard InChI is InChI=1S/C13H21NO2/c1-5-16-10(2)13(14-3)11-6-8-12(15-4)9-7-11/h6-10,13-14H,5H2,1-4H3. The van der Waals surface area contributed by atoms with Gasteiger partial charge in [-0.15, -0.1) is 0 Å². The van der Waals surface area contributed by atoms with Gasteiger partial charge in [0.15, 0.2) is 0 Å². The Bertz CT molecular complexity index is 297. The number of benzene rings is 1. The molecule has 0 heterocycles. The number of hydrogen-bond acceptors (Lipinski definition) is 3. The Balaban J connectivity index is 2.78. The van der Waals surface area contributed by atoms with Crippen LogP contribution in [0.4, 0.5) is 0 Å². The zero-order chi connectivity index (χ0) is 12.0. The summed E-state index contributed by atoms with van der Waals surface area (Å²) in [7, 11) is 3.62. The van der Waals surface area contributed by atoms with Gasteiger partial charge >= 0.3 is 0 Å². The Labute approximate surface area is 97.8 Å². The van der Waals surface area contributed by atoms with Crippen molar-refractivity contribution >= 4 is 0 Å². The maximum absolute atomic E-state index is 5.61. The Hall–Kier alpha value is -1.06. The summed E-state index contributed by atoms with van der Waals surface area (Å²) in [4.78, 5) is 0. The molecule has 16 heavy (non-hydrogen) atoms. The summed E-state index contributed by atoms with van der Waals surface area (Å²) in [5, 5.41) is 3.27. The fraction of sp³-hybridized carbons (Fsp3) is 0.538. The Kier molecular flexibility index (Phi) is 5.29. The summed E-state index contributed by atoms with van der Waals surface area (Å²) in [5.74, 6) is 0.877. The topological polar surface area (TPSA) is 30.5 Å². The lowest BCUT2D eigenvalue weighted by Crippen LogP contribution is -2.29. The molecule has 3 heteroatoms. The second-order valence-corrected chi connectivity index (χ2v) is 3.70. The molecule has 0 aliphatic rings. The summed E-state index contributed by atoms with van der Waals surface area (Å²) in [5.41, 5.74) is 1.21. The van der Waals surface area contributed by atoms with Crippen LogP contribution in [0.2, 0.25) is 0 Å². The molecule has 2 unspecified atom stereocenters. The summed E-state index contributed by atoms with van der Waals surface area (Å²) >= 11 is 0. The molecule has 0 radical (unpaired) electrons. The van der Waals surface area contributed by atoms with E-state index in [9.17, 15) is 0 Å². The second kappa shape index (κ2) is 6.51. The van der Waals surface area contributed by atoms with E-state index in [4.69, 9.17) is 9.47 Å². The molecule has 0 aliphatic heterocycles. The van der Waals surface area contributed by atoms with E-state index < -0.39 is 0 Å². The van der Waals surface area contributed by atoms with Crippen molar-refractivity contribution in [1.29, 1.82) is 0 Å². The highest BCUT2D eigenvalue weighted by atomic mass is 16.5. The number of rotatable bonds is 6. The van der Waals surface area contributed by atoms with E-state index >= 15 is 0 Å². The first kappa shape index (κ1) is 13.0. The van der Waals surface area contributed by atoms with Crippen molar-refractivity contribution in [2.45, 2.75) is 26.0 Å². The van der Waals surface area contributed by atoms with Crippen molar-refractivity contribution in [2.75, 3.05) is 20.8 Å². The van der Waals surface area contributed by atoms with Crippen LogP contribution in [0.5, 0.6) is 5.75 Å². The minimum absolute atomic E-state index is 0.156. The first-order chi connectivity index (χ1) is 7.72. The highest BCUT2D eigenvalue weighted by molar-refractivity contribution is 5.29. The SMILES string of the molecule is CCOC(C)C(NC)c1ccc(OC)cc1. The van der Waals surface area contributed by atoms with E-state index in [0.29, 0.717) is 0 Å².